The minimum atomic E-state index is -0.0517. The molecule has 1 aromatic carbocycles. The zero-order valence-electron chi connectivity index (χ0n) is 9.20. The first-order valence-corrected chi connectivity index (χ1v) is 5.80. The van der Waals surface area contributed by atoms with Gasteiger partial charge in [-0.3, -0.25) is 0 Å². The highest BCUT2D eigenvalue weighted by atomic mass is 35.5. The van der Waals surface area contributed by atoms with Crippen LogP contribution in [0.15, 0.2) is 12.1 Å². The SMILES string of the molecule is CC(CO)c1c(Cl)ccc2c1OCCCO2. The molecule has 1 aliphatic heterocycles. The standard InChI is InChI=1S/C12H15ClO3/c1-8(7-14)11-9(13)3-4-10-12(11)16-6-2-5-15-10/h3-4,8,14H,2,5-7H2,1H3. The molecule has 0 saturated heterocycles. The van der Waals surface area contributed by atoms with Crippen molar-refractivity contribution < 1.29 is 14.6 Å². The number of benzene rings is 1. The summed E-state index contributed by atoms with van der Waals surface area (Å²) in [4.78, 5) is 0. The van der Waals surface area contributed by atoms with Crippen LogP contribution < -0.4 is 9.47 Å². The van der Waals surface area contributed by atoms with Gasteiger partial charge in [-0.15, -0.1) is 0 Å². The monoisotopic (exact) mass is 242 g/mol. The quantitative estimate of drug-likeness (QED) is 0.867. The van der Waals surface area contributed by atoms with E-state index in [1.54, 1.807) is 6.07 Å². The second-order valence-corrected chi connectivity index (χ2v) is 4.33. The highest BCUT2D eigenvalue weighted by Gasteiger charge is 2.21. The smallest absolute Gasteiger partial charge is 0.166 e. The molecule has 0 saturated carbocycles. The minimum absolute atomic E-state index is 0.0412. The number of fused-ring (bicyclic) bond motifs is 1. The number of hydrogen-bond donors (Lipinski definition) is 1. The maximum absolute atomic E-state index is 9.23. The Balaban J connectivity index is 2.48. The molecule has 1 N–H and O–H groups in total. The van der Waals surface area contributed by atoms with Crippen LogP contribution in [0.25, 0.3) is 0 Å². The topological polar surface area (TPSA) is 38.7 Å². The van der Waals surface area contributed by atoms with Gasteiger partial charge >= 0.3 is 0 Å². The lowest BCUT2D eigenvalue weighted by Crippen LogP contribution is -2.05. The van der Waals surface area contributed by atoms with Gasteiger partial charge in [-0.25, -0.2) is 0 Å². The molecule has 2 rings (SSSR count). The predicted octanol–water partition coefficient (Wildman–Crippen LogP) is 2.60. The largest absolute Gasteiger partial charge is 0.490 e. The van der Waals surface area contributed by atoms with Crippen LogP contribution in [-0.2, 0) is 0 Å². The Morgan fingerprint density at radius 3 is 2.88 bits per heavy atom. The maximum Gasteiger partial charge on any atom is 0.166 e. The Morgan fingerprint density at radius 2 is 2.12 bits per heavy atom. The van der Waals surface area contributed by atoms with Crippen LogP contribution in [-0.4, -0.2) is 24.9 Å². The Bertz CT molecular complexity index is 379. The molecule has 0 spiro atoms. The summed E-state index contributed by atoms with van der Waals surface area (Å²) in [6, 6.07) is 3.60. The van der Waals surface area contributed by atoms with E-state index in [-0.39, 0.29) is 12.5 Å². The lowest BCUT2D eigenvalue weighted by Gasteiger charge is -2.17. The van der Waals surface area contributed by atoms with E-state index in [2.05, 4.69) is 0 Å². The first-order chi connectivity index (χ1) is 7.74. The zero-order valence-corrected chi connectivity index (χ0v) is 9.96. The molecule has 88 valence electrons. The molecule has 1 atom stereocenters. The fourth-order valence-electron chi connectivity index (χ4n) is 1.78. The van der Waals surface area contributed by atoms with Gasteiger partial charge in [0.1, 0.15) is 0 Å². The van der Waals surface area contributed by atoms with Crippen molar-refractivity contribution in [3.05, 3.63) is 22.7 Å². The van der Waals surface area contributed by atoms with Crippen molar-refractivity contribution in [3.8, 4) is 11.5 Å². The molecule has 1 aliphatic rings. The summed E-state index contributed by atoms with van der Waals surface area (Å²) in [5, 5.41) is 9.85. The fraction of sp³-hybridized carbons (Fsp3) is 0.500. The number of ether oxygens (including phenoxy) is 2. The summed E-state index contributed by atoms with van der Waals surface area (Å²) in [5.41, 5.74) is 0.837. The number of aliphatic hydroxyl groups is 1. The van der Waals surface area contributed by atoms with Gasteiger partial charge in [-0.2, -0.15) is 0 Å². The van der Waals surface area contributed by atoms with E-state index < -0.39 is 0 Å². The lowest BCUT2D eigenvalue weighted by atomic mass is 10.0. The molecular weight excluding hydrogens is 228 g/mol. The van der Waals surface area contributed by atoms with Crippen molar-refractivity contribution in [1.29, 1.82) is 0 Å². The molecule has 0 fully saturated rings. The Labute approximate surface area is 99.9 Å². The van der Waals surface area contributed by atoms with Gasteiger partial charge in [0.05, 0.1) is 13.2 Å². The van der Waals surface area contributed by atoms with E-state index in [1.807, 2.05) is 13.0 Å². The van der Waals surface area contributed by atoms with Crippen molar-refractivity contribution in [3.63, 3.8) is 0 Å². The molecule has 1 aromatic rings. The number of hydrogen-bond acceptors (Lipinski definition) is 3. The second-order valence-electron chi connectivity index (χ2n) is 3.92. The van der Waals surface area contributed by atoms with Gasteiger partial charge in [0, 0.05) is 29.5 Å². The van der Waals surface area contributed by atoms with Gasteiger partial charge in [-0.1, -0.05) is 18.5 Å². The van der Waals surface area contributed by atoms with Gasteiger partial charge in [0.2, 0.25) is 0 Å². The van der Waals surface area contributed by atoms with E-state index in [4.69, 9.17) is 21.1 Å². The normalized spacial score (nSPS) is 16.7. The molecule has 4 heteroatoms. The van der Waals surface area contributed by atoms with Gasteiger partial charge in [0.15, 0.2) is 11.5 Å². The van der Waals surface area contributed by atoms with Crippen LogP contribution in [0.1, 0.15) is 24.8 Å². The van der Waals surface area contributed by atoms with Crippen LogP contribution in [0, 0.1) is 0 Å². The van der Waals surface area contributed by atoms with Crippen molar-refractivity contribution >= 4 is 11.6 Å². The highest BCUT2D eigenvalue weighted by Crippen LogP contribution is 2.41. The molecule has 0 amide bonds. The third kappa shape index (κ3) is 2.11. The number of aliphatic hydroxyl groups excluding tert-OH is 1. The lowest BCUT2D eigenvalue weighted by molar-refractivity contribution is 0.265. The predicted molar refractivity (Wildman–Crippen MR) is 62.6 cm³/mol. The van der Waals surface area contributed by atoms with Crippen LogP contribution in [0.3, 0.4) is 0 Å². The van der Waals surface area contributed by atoms with Gasteiger partial charge in [-0.05, 0) is 12.1 Å². The molecule has 1 unspecified atom stereocenters. The van der Waals surface area contributed by atoms with E-state index >= 15 is 0 Å². The number of rotatable bonds is 2. The highest BCUT2D eigenvalue weighted by molar-refractivity contribution is 6.31. The maximum atomic E-state index is 9.23. The summed E-state index contributed by atoms with van der Waals surface area (Å²) in [7, 11) is 0. The van der Waals surface area contributed by atoms with Crippen molar-refractivity contribution in [2.24, 2.45) is 0 Å². The molecule has 16 heavy (non-hydrogen) atoms. The summed E-state index contributed by atoms with van der Waals surface area (Å²) in [6.45, 7) is 3.23. The number of halogens is 1. The fourth-order valence-corrected chi connectivity index (χ4v) is 2.12. The van der Waals surface area contributed by atoms with Crippen LogP contribution >= 0.6 is 11.6 Å². The van der Waals surface area contributed by atoms with E-state index in [0.717, 1.165) is 17.7 Å². The zero-order chi connectivity index (χ0) is 11.5. The van der Waals surface area contributed by atoms with Crippen molar-refractivity contribution in [2.75, 3.05) is 19.8 Å². The molecule has 1 heterocycles. The van der Waals surface area contributed by atoms with Crippen LogP contribution in [0.4, 0.5) is 0 Å². The molecule has 0 bridgehead atoms. The minimum Gasteiger partial charge on any atom is -0.490 e. The first kappa shape index (κ1) is 11.6. The summed E-state index contributed by atoms with van der Waals surface area (Å²) in [6.07, 6.45) is 0.860. The third-order valence-electron chi connectivity index (χ3n) is 2.67. The summed E-state index contributed by atoms with van der Waals surface area (Å²) in [5.74, 6) is 1.35. The molecule has 3 nitrogen and oxygen atoms in total. The van der Waals surface area contributed by atoms with E-state index in [9.17, 15) is 5.11 Å². The summed E-state index contributed by atoms with van der Waals surface area (Å²) < 4.78 is 11.2. The average molecular weight is 243 g/mol. The van der Waals surface area contributed by atoms with Crippen LogP contribution in [0.2, 0.25) is 5.02 Å². The van der Waals surface area contributed by atoms with Crippen LogP contribution in [0.5, 0.6) is 11.5 Å². The van der Waals surface area contributed by atoms with E-state index in [0.29, 0.717) is 24.0 Å². The third-order valence-corrected chi connectivity index (χ3v) is 3.00. The second kappa shape index (κ2) is 4.93. The Hall–Kier alpha value is -0.930. The molecule has 0 aliphatic carbocycles. The Morgan fingerprint density at radius 1 is 1.38 bits per heavy atom. The van der Waals surface area contributed by atoms with Gasteiger partial charge in [0.25, 0.3) is 0 Å². The molecular formula is C12H15ClO3. The van der Waals surface area contributed by atoms with Gasteiger partial charge < -0.3 is 14.6 Å². The molecule has 0 radical (unpaired) electrons. The Kier molecular flexibility index (Phi) is 3.56. The van der Waals surface area contributed by atoms with Crippen molar-refractivity contribution in [1.82, 2.24) is 0 Å². The van der Waals surface area contributed by atoms with E-state index in [1.165, 1.54) is 0 Å². The molecule has 0 aromatic heterocycles. The first-order valence-electron chi connectivity index (χ1n) is 5.43. The average Bonchev–Trinajstić information content (AvgIpc) is 2.53. The summed E-state index contributed by atoms with van der Waals surface area (Å²) >= 11 is 6.14. The van der Waals surface area contributed by atoms with Crippen molar-refractivity contribution in [2.45, 2.75) is 19.3 Å².